The van der Waals surface area contributed by atoms with E-state index < -0.39 is 6.36 Å². The highest BCUT2D eigenvalue weighted by Crippen LogP contribution is 2.24. The minimum atomic E-state index is -4.75. The molecule has 0 fully saturated rings. The number of rotatable bonds is 7. The van der Waals surface area contributed by atoms with E-state index in [0.717, 1.165) is 5.56 Å². The summed E-state index contributed by atoms with van der Waals surface area (Å²) in [5, 5.41) is 18.8. The van der Waals surface area contributed by atoms with Gasteiger partial charge in [0.25, 0.3) is 0 Å². The van der Waals surface area contributed by atoms with Gasteiger partial charge >= 0.3 is 6.36 Å². The smallest absolute Gasteiger partial charge is 0.406 e. The van der Waals surface area contributed by atoms with Gasteiger partial charge in [0.05, 0.1) is 18.9 Å². The van der Waals surface area contributed by atoms with Crippen LogP contribution in [0.4, 0.5) is 18.9 Å². The van der Waals surface area contributed by atoms with E-state index in [0.29, 0.717) is 16.7 Å². The number of nitrogens with zero attached hydrogens (tertiary/aromatic N) is 2. The molecule has 0 aliphatic rings. The normalized spacial score (nSPS) is 11.8. The van der Waals surface area contributed by atoms with Crippen LogP contribution < -0.4 is 10.1 Å². The molecule has 0 radical (unpaired) electrons. The Morgan fingerprint density at radius 1 is 1.14 bits per heavy atom. The Morgan fingerprint density at radius 3 is 2.32 bits per heavy atom. The minimum Gasteiger partial charge on any atom is -0.406 e. The van der Waals surface area contributed by atoms with Crippen molar-refractivity contribution < 1.29 is 23.0 Å². The van der Waals surface area contributed by atoms with E-state index in [-0.39, 0.29) is 24.0 Å². The van der Waals surface area contributed by atoms with E-state index in [1.54, 1.807) is 0 Å². The van der Waals surface area contributed by atoms with E-state index in [1.165, 1.54) is 29.3 Å². The van der Waals surface area contributed by atoms with E-state index in [1.807, 2.05) is 30.3 Å². The molecular weight excluding hydrogens is 459 g/mol. The first-order chi connectivity index (χ1) is 13.3. The highest BCUT2D eigenvalue weighted by Gasteiger charge is 2.30. The lowest BCUT2D eigenvalue weighted by Crippen LogP contribution is -2.34. The van der Waals surface area contributed by atoms with Crippen molar-refractivity contribution >= 4 is 44.7 Å². The Morgan fingerprint density at radius 2 is 1.79 bits per heavy atom. The third-order valence-electron chi connectivity index (χ3n) is 3.36. The number of thiocarbonyl (C=S) groups is 1. The summed E-state index contributed by atoms with van der Waals surface area (Å²) in [5.41, 5.74) is 2.05. The Bertz CT molecular complexity index is 802. The van der Waals surface area contributed by atoms with Crippen LogP contribution in [0.1, 0.15) is 5.56 Å². The second-order valence-electron chi connectivity index (χ2n) is 5.40. The number of hydrogen-bond donors (Lipinski definition) is 2. The minimum absolute atomic E-state index is 0.143. The van der Waals surface area contributed by atoms with E-state index in [4.69, 9.17) is 12.2 Å². The van der Waals surface area contributed by atoms with E-state index in [2.05, 4.69) is 31.1 Å². The maximum Gasteiger partial charge on any atom is 0.573 e. The third kappa shape index (κ3) is 7.10. The molecule has 2 aromatic carbocycles. The standard InChI is InChI=1S/C18H17BrF3N3O2S/c19-12-16(13-4-2-1-3-5-13)24-25(10-11-26)17(28)23-14-6-8-15(9-7-14)27-18(20,21)22/h1-9,26H,10-12H2,(H,23,28)/b24-16+. The molecule has 2 aromatic rings. The number of anilines is 1. The average Bonchev–Trinajstić information content (AvgIpc) is 2.66. The van der Waals surface area contributed by atoms with Crippen molar-refractivity contribution in [2.45, 2.75) is 6.36 Å². The predicted octanol–water partition coefficient (Wildman–Crippen LogP) is 4.38. The summed E-state index contributed by atoms with van der Waals surface area (Å²) in [4.78, 5) is 0. The highest BCUT2D eigenvalue weighted by atomic mass is 79.9. The molecule has 0 saturated heterocycles. The monoisotopic (exact) mass is 475 g/mol. The van der Waals surface area contributed by atoms with Gasteiger partial charge in [0.1, 0.15) is 5.75 Å². The van der Waals surface area contributed by atoms with Crippen LogP contribution in [0.25, 0.3) is 0 Å². The fourth-order valence-electron chi connectivity index (χ4n) is 2.16. The molecule has 0 unspecified atom stereocenters. The summed E-state index contributed by atoms with van der Waals surface area (Å²) in [6.45, 7) is -0.0432. The number of hydrogen-bond acceptors (Lipinski definition) is 4. The number of alkyl halides is 4. The van der Waals surface area contributed by atoms with Crippen molar-refractivity contribution in [1.82, 2.24) is 5.01 Å². The molecule has 2 rings (SSSR count). The zero-order valence-corrected chi connectivity index (χ0v) is 16.9. The summed E-state index contributed by atoms with van der Waals surface area (Å²) in [7, 11) is 0. The summed E-state index contributed by atoms with van der Waals surface area (Å²) in [6, 6.07) is 14.6. The largest absolute Gasteiger partial charge is 0.573 e. The molecule has 0 atom stereocenters. The number of nitrogens with one attached hydrogen (secondary N) is 1. The van der Waals surface area contributed by atoms with Gasteiger partial charge in [-0.15, -0.1) is 13.2 Å². The lowest BCUT2D eigenvalue weighted by molar-refractivity contribution is -0.274. The van der Waals surface area contributed by atoms with Gasteiger partial charge < -0.3 is 15.2 Å². The second kappa shape index (κ2) is 10.4. The molecule has 150 valence electrons. The van der Waals surface area contributed by atoms with Gasteiger partial charge in [-0.2, -0.15) is 5.10 Å². The molecule has 0 aromatic heterocycles. The second-order valence-corrected chi connectivity index (χ2v) is 6.34. The van der Waals surface area contributed by atoms with Gasteiger partial charge in [0.15, 0.2) is 5.11 Å². The Kier molecular flexibility index (Phi) is 8.21. The third-order valence-corrected chi connectivity index (χ3v) is 4.20. The van der Waals surface area contributed by atoms with Crippen LogP contribution in [0.3, 0.4) is 0 Å². The number of halogens is 4. The summed E-state index contributed by atoms with van der Waals surface area (Å²) in [5.74, 6) is -0.333. The zero-order valence-electron chi connectivity index (χ0n) is 14.5. The Hall–Kier alpha value is -2.17. The van der Waals surface area contributed by atoms with Gasteiger partial charge in [-0.05, 0) is 42.0 Å². The predicted molar refractivity (Wildman–Crippen MR) is 110 cm³/mol. The molecule has 0 heterocycles. The molecule has 5 nitrogen and oxygen atoms in total. The lowest BCUT2D eigenvalue weighted by atomic mass is 10.1. The van der Waals surface area contributed by atoms with Crippen molar-refractivity contribution in [2.75, 3.05) is 23.8 Å². The molecule has 0 aliphatic heterocycles. The number of benzene rings is 2. The van der Waals surface area contributed by atoms with Crippen LogP contribution in [0.15, 0.2) is 59.7 Å². The number of aliphatic hydroxyl groups excluding tert-OH is 1. The molecule has 28 heavy (non-hydrogen) atoms. The zero-order chi connectivity index (χ0) is 20.6. The van der Waals surface area contributed by atoms with Gasteiger partial charge in [-0.25, -0.2) is 5.01 Å². The summed E-state index contributed by atoms with van der Waals surface area (Å²) in [6.07, 6.45) is -4.75. The van der Waals surface area contributed by atoms with Gasteiger partial charge in [0.2, 0.25) is 0 Å². The van der Waals surface area contributed by atoms with Crippen LogP contribution in [0.2, 0.25) is 0 Å². The maximum absolute atomic E-state index is 12.2. The van der Waals surface area contributed by atoms with E-state index in [9.17, 15) is 18.3 Å². The number of hydrazone groups is 1. The Balaban J connectivity index is 2.13. The van der Waals surface area contributed by atoms with Crippen LogP contribution >= 0.6 is 28.1 Å². The summed E-state index contributed by atoms with van der Waals surface area (Å²) < 4.78 is 40.5. The fourth-order valence-corrected chi connectivity index (χ4v) is 2.84. The molecular formula is C18H17BrF3N3O2S. The molecule has 0 aliphatic carbocycles. The van der Waals surface area contributed by atoms with Crippen molar-refractivity contribution in [3.8, 4) is 5.75 Å². The molecule has 2 N–H and O–H groups in total. The van der Waals surface area contributed by atoms with Crippen molar-refractivity contribution in [3.05, 3.63) is 60.2 Å². The SMILES string of the molecule is OCCN(/N=C(\CBr)c1ccccc1)C(=S)Nc1ccc(OC(F)(F)F)cc1. The molecule has 0 bridgehead atoms. The maximum atomic E-state index is 12.2. The van der Waals surface area contributed by atoms with Crippen molar-refractivity contribution in [2.24, 2.45) is 5.10 Å². The van der Waals surface area contributed by atoms with Crippen LogP contribution in [-0.2, 0) is 0 Å². The fraction of sp³-hybridized carbons (Fsp3) is 0.222. The van der Waals surface area contributed by atoms with Gasteiger partial charge in [0, 0.05) is 11.0 Å². The average molecular weight is 476 g/mol. The topological polar surface area (TPSA) is 57.1 Å². The van der Waals surface area contributed by atoms with Crippen LogP contribution in [-0.4, -0.2) is 45.8 Å². The van der Waals surface area contributed by atoms with Crippen molar-refractivity contribution in [1.29, 1.82) is 0 Å². The first kappa shape index (κ1) is 22.1. The first-order valence-electron chi connectivity index (χ1n) is 8.06. The van der Waals surface area contributed by atoms with Gasteiger partial charge in [-0.3, -0.25) is 0 Å². The Labute approximate surface area is 173 Å². The van der Waals surface area contributed by atoms with Crippen molar-refractivity contribution in [3.63, 3.8) is 0 Å². The number of ether oxygens (including phenoxy) is 1. The van der Waals surface area contributed by atoms with Crippen LogP contribution in [0.5, 0.6) is 5.75 Å². The molecule has 0 amide bonds. The molecule has 0 saturated carbocycles. The highest BCUT2D eigenvalue weighted by molar-refractivity contribution is 9.09. The first-order valence-corrected chi connectivity index (χ1v) is 9.59. The van der Waals surface area contributed by atoms with Gasteiger partial charge in [-0.1, -0.05) is 46.3 Å². The van der Waals surface area contributed by atoms with Crippen LogP contribution in [0, 0.1) is 0 Å². The quantitative estimate of drug-likeness (QED) is 0.269. The number of aliphatic hydroxyl groups is 1. The summed E-state index contributed by atoms with van der Waals surface area (Å²) >= 11 is 8.72. The van der Waals surface area contributed by atoms with E-state index >= 15 is 0 Å². The lowest BCUT2D eigenvalue weighted by Gasteiger charge is -2.21. The molecule has 0 spiro atoms. The molecule has 10 heteroatoms.